The van der Waals surface area contributed by atoms with Crippen LogP contribution in [0, 0.1) is 0 Å². The highest BCUT2D eigenvalue weighted by atomic mass is 31.2. The van der Waals surface area contributed by atoms with Crippen molar-refractivity contribution in [3.8, 4) is 0 Å². The Balaban J connectivity index is 3.92. The Kier molecular flexibility index (Phi) is 52.3. The first-order valence-corrected chi connectivity index (χ1v) is 31.9. The lowest BCUT2D eigenvalue weighted by Gasteiger charge is -2.24. The quantitative estimate of drug-likeness (QED) is 0.0211. The molecule has 10 heteroatoms. The molecule has 0 aromatic heterocycles. The van der Waals surface area contributed by atoms with Crippen molar-refractivity contribution < 1.29 is 42.1 Å². The van der Waals surface area contributed by atoms with E-state index >= 15 is 0 Å². The number of rotatable bonds is 56. The molecule has 0 rings (SSSR count). The zero-order valence-corrected chi connectivity index (χ0v) is 48.8. The lowest BCUT2D eigenvalue weighted by molar-refractivity contribution is -0.870. The summed E-state index contributed by atoms with van der Waals surface area (Å²) in [6.45, 7) is 4.26. The Morgan fingerprint density at radius 2 is 0.792 bits per heavy atom. The van der Waals surface area contributed by atoms with E-state index in [1.807, 2.05) is 33.3 Å². The van der Waals surface area contributed by atoms with Crippen LogP contribution in [-0.2, 0) is 32.7 Å². The number of hydrogen-bond donors (Lipinski definition) is 1. The van der Waals surface area contributed by atoms with Crippen molar-refractivity contribution in [1.29, 1.82) is 0 Å². The fourth-order valence-corrected chi connectivity index (χ4v) is 9.48. The summed E-state index contributed by atoms with van der Waals surface area (Å²) in [7, 11) is 1.44. The third kappa shape index (κ3) is 57.3. The molecule has 0 spiro atoms. The van der Waals surface area contributed by atoms with Gasteiger partial charge in [-0.05, 0) is 38.5 Å². The molecule has 0 saturated heterocycles. The summed E-state index contributed by atoms with van der Waals surface area (Å²) in [5.41, 5.74) is 0. The topological polar surface area (TPSA) is 108 Å². The van der Waals surface area contributed by atoms with Crippen LogP contribution in [0.5, 0.6) is 0 Å². The van der Waals surface area contributed by atoms with Crippen LogP contribution in [0.2, 0.25) is 0 Å². The van der Waals surface area contributed by atoms with Crippen LogP contribution in [0.1, 0.15) is 284 Å². The van der Waals surface area contributed by atoms with Gasteiger partial charge in [-0.3, -0.25) is 18.6 Å². The van der Waals surface area contributed by atoms with Crippen LogP contribution in [-0.4, -0.2) is 74.9 Å². The monoisotopic (exact) mass is 1030 g/mol. The molecule has 0 fully saturated rings. The molecule has 0 radical (unpaired) electrons. The Morgan fingerprint density at radius 3 is 1.15 bits per heavy atom. The molecule has 0 saturated carbocycles. The molecular weight excluding hydrogens is 918 g/mol. The van der Waals surface area contributed by atoms with Gasteiger partial charge in [-0.25, -0.2) is 4.57 Å². The van der Waals surface area contributed by atoms with Crippen molar-refractivity contribution in [2.45, 2.75) is 290 Å². The molecule has 0 bridgehead atoms. The van der Waals surface area contributed by atoms with Crippen molar-refractivity contribution in [3.63, 3.8) is 0 Å². The van der Waals surface area contributed by atoms with E-state index in [0.717, 1.165) is 44.9 Å². The van der Waals surface area contributed by atoms with Gasteiger partial charge in [0.25, 0.3) is 0 Å². The Morgan fingerprint density at radius 1 is 0.444 bits per heavy atom. The SMILES string of the molecule is CC/C=C\C/C=C\C/C=C\C/C=C\CCC(=O)OC(COC(=O)CCCCCCCCCCCCCCCCCCCCCCCCCCCCCCCCCCCCC)COP(=O)(O)OCC[N+](C)(C)C. The minimum atomic E-state index is -4.40. The molecule has 0 aliphatic rings. The van der Waals surface area contributed by atoms with Gasteiger partial charge in [-0.15, -0.1) is 0 Å². The van der Waals surface area contributed by atoms with Crippen molar-refractivity contribution in [2.24, 2.45) is 0 Å². The number of nitrogens with zero attached hydrogens (tertiary/aromatic N) is 1. The molecule has 9 nitrogen and oxygen atoms in total. The molecule has 0 aliphatic carbocycles. The zero-order chi connectivity index (χ0) is 52.7. The second-order valence-corrected chi connectivity index (χ2v) is 23.2. The van der Waals surface area contributed by atoms with Gasteiger partial charge in [0.15, 0.2) is 6.10 Å². The molecule has 422 valence electrons. The maximum atomic E-state index is 12.7. The van der Waals surface area contributed by atoms with Gasteiger partial charge in [-0.2, -0.15) is 0 Å². The van der Waals surface area contributed by atoms with E-state index in [2.05, 4.69) is 50.3 Å². The summed E-state index contributed by atoms with van der Waals surface area (Å²) in [6, 6.07) is 0. The highest BCUT2D eigenvalue weighted by Crippen LogP contribution is 2.43. The highest BCUT2D eigenvalue weighted by molar-refractivity contribution is 7.47. The number of phosphoric acid groups is 1. The number of unbranched alkanes of at least 4 members (excludes halogenated alkanes) is 34. The average Bonchev–Trinajstić information content (AvgIpc) is 3.34. The van der Waals surface area contributed by atoms with Gasteiger partial charge in [0.1, 0.15) is 19.8 Å². The summed E-state index contributed by atoms with van der Waals surface area (Å²) in [5.74, 6) is -0.884. The molecule has 0 aliphatic heterocycles. The standard InChI is InChI=1S/C62H116NO8P/c1-6-8-10-12-14-16-18-20-21-22-23-24-25-26-27-28-29-30-31-32-33-34-35-36-37-38-39-40-41-43-44-46-48-50-52-54-61(64)68-58-60(59-70-72(66,67)69-57-56-63(3,4)5)71-62(65)55-53-51-49-47-45-42-19-17-15-13-11-9-7-2/h9,11,15,17,42,45,49,51,60H,6-8,10,12-14,16,18-41,43-44,46-48,50,52-59H2,1-5H3/p+1/b11-9-,17-15-,45-42-,51-49-. The van der Waals surface area contributed by atoms with Gasteiger partial charge < -0.3 is 18.9 Å². The van der Waals surface area contributed by atoms with E-state index < -0.39 is 26.5 Å². The minimum Gasteiger partial charge on any atom is -0.462 e. The first-order chi connectivity index (χ1) is 35.0. The third-order valence-electron chi connectivity index (χ3n) is 13.4. The predicted molar refractivity (Wildman–Crippen MR) is 307 cm³/mol. The molecule has 1 N–H and O–H groups in total. The van der Waals surface area contributed by atoms with Crippen LogP contribution in [0.3, 0.4) is 0 Å². The number of carbonyl (C=O) groups excluding carboxylic acids is 2. The maximum absolute atomic E-state index is 12.7. The molecular formula is C62H117NO8P+. The molecule has 2 unspecified atom stereocenters. The number of phosphoric ester groups is 1. The fourth-order valence-electron chi connectivity index (χ4n) is 8.74. The normalized spacial score (nSPS) is 13.6. The summed E-state index contributed by atoms with van der Waals surface area (Å²) in [4.78, 5) is 35.5. The van der Waals surface area contributed by atoms with Crippen LogP contribution < -0.4 is 0 Å². The Bertz CT molecular complexity index is 1360. The van der Waals surface area contributed by atoms with Gasteiger partial charge >= 0.3 is 19.8 Å². The van der Waals surface area contributed by atoms with E-state index in [4.69, 9.17) is 18.5 Å². The number of likely N-dealkylation sites (N-methyl/N-ethyl adjacent to an activating group) is 1. The minimum absolute atomic E-state index is 0.0192. The average molecular weight is 1040 g/mol. The number of ether oxygens (including phenoxy) is 2. The second-order valence-electron chi connectivity index (χ2n) is 21.7. The van der Waals surface area contributed by atoms with E-state index in [1.165, 1.54) is 205 Å². The molecule has 2 atom stereocenters. The Labute approximate surface area is 445 Å². The van der Waals surface area contributed by atoms with Crippen LogP contribution >= 0.6 is 7.82 Å². The predicted octanol–water partition coefficient (Wildman–Crippen LogP) is 18.9. The van der Waals surface area contributed by atoms with Gasteiger partial charge in [0, 0.05) is 12.8 Å². The summed E-state index contributed by atoms with van der Waals surface area (Å²) >= 11 is 0. The lowest BCUT2D eigenvalue weighted by atomic mass is 10.0. The molecule has 0 heterocycles. The molecule has 72 heavy (non-hydrogen) atoms. The summed E-state index contributed by atoms with van der Waals surface area (Å²) in [6.07, 6.45) is 68.3. The van der Waals surface area contributed by atoms with E-state index in [9.17, 15) is 19.0 Å². The van der Waals surface area contributed by atoms with E-state index in [1.54, 1.807) is 0 Å². The van der Waals surface area contributed by atoms with Crippen LogP contribution in [0.25, 0.3) is 0 Å². The van der Waals surface area contributed by atoms with Crippen LogP contribution in [0.4, 0.5) is 0 Å². The Hall–Kier alpha value is -2.03. The number of allylic oxidation sites excluding steroid dienone is 8. The summed E-state index contributed by atoms with van der Waals surface area (Å²) in [5, 5.41) is 0. The molecule has 0 amide bonds. The number of hydrogen-bond acceptors (Lipinski definition) is 7. The van der Waals surface area contributed by atoms with Gasteiger partial charge in [0.2, 0.25) is 0 Å². The summed E-state index contributed by atoms with van der Waals surface area (Å²) < 4.78 is 34.4. The lowest BCUT2D eigenvalue weighted by Crippen LogP contribution is -2.37. The molecule has 0 aromatic rings. The number of quaternary nitrogens is 1. The molecule has 0 aromatic carbocycles. The number of carbonyl (C=O) groups is 2. The first kappa shape index (κ1) is 70.0. The zero-order valence-electron chi connectivity index (χ0n) is 47.9. The number of esters is 2. The third-order valence-corrected chi connectivity index (χ3v) is 14.4. The van der Waals surface area contributed by atoms with E-state index in [0.29, 0.717) is 17.4 Å². The first-order valence-electron chi connectivity index (χ1n) is 30.4. The fraction of sp³-hybridized carbons (Fsp3) is 0.839. The van der Waals surface area contributed by atoms with Crippen molar-refractivity contribution in [2.75, 3.05) is 47.5 Å². The van der Waals surface area contributed by atoms with Crippen molar-refractivity contribution >= 4 is 19.8 Å². The smallest absolute Gasteiger partial charge is 0.462 e. The van der Waals surface area contributed by atoms with Gasteiger partial charge in [0.05, 0.1) is 27.7 Å². The van der Waals surface area contributed by atoms with Crippen LogP contribution in [0.15, 0.2) is 48.6 Å². The van der Waals surface area contributed by atoms with Crippen molar-refractivity contribution in [3.05, 3.63) is 48.6 Å². The maximum Gasteiger partial charge on any atom is 0.472 e. The highest BCUT2D eigenvalue weighted by Gasteiger charge is 2.27. The van der Waals surface area contributed by atoms with E-state index in [-0.39, 0.29) is 32.0 Å². The van der Waals surface area contributed by atoms with Gasteiger partial charge in [-0.1, -0.05) is 281 Å². The second kappa shape index (κ2) is 53.8. The van der Waals surface area contributed by atoms with Crippen molar-refractivity contribution in [1.82, 2.24) is 0 Å². The largest absolute Gasteiger partial charge is 0.472 e.